The second-order valence-corrected chi connectivity index (χ2v) is 20.7. The minimum Gasteiger partial charge on any atom is -0.507 e. The van der Waals surface area contributed by atoms with Crippen LogP contribution in [0.3, 0.4) is 0 Å². The molecule has 1 saturated carbocycles. The van der Waals surface area contributed by atoms with Crippen LogP contribution in [0.4, 0.5) is 5.82 Å². The molecule has 11 heteroatoms. The number of allylic oxidation sites excluding steroid dienone is 1. The van der Waals surface area contributed by atoms with Gasteiger partial charge in [-0.25, -0.2) is 0 Å². The number of aryl methyl sites for hydroxylation is 2. The van der Waals surface area contributed by atoms with Crippen molar-refractivity contribution in [1.82, 2.24) is 15.3 Å². The van der Waals surface area contributed by atoms with Crippen LogP contribution in [-0.4, -0.2) is 79.9 Å². The number of carbonyl (C=O) groups excluding carboxylic acids is 2. The van der Waals surface area contributed by atoms with Gasteiger partial charge < -0.3 is 45.8 Å². The van der Waals surface area contributed by atoms with Crippen molar-refractivity contribution in [2.24, 2.45) is 23.7 Å². The van der Waals surface area contributed by atoms with Crippen molar-refractivity contribution < 1.29 is 34.8 Å². The van der Waals surface area contributed by atoms with E-state index >= 15 is 4.79 Å². The Morgan fingerprint density at radius 1 is 0.845 bits per heavy atom. The SMILES string of the molecule is CCCNC[C@H]1C#C[C@H]2Nc3[nH]ccc3Cc3cc(ccc3C[C@H]1O)Cc1cc(cc(OC3CCCC3)c1O)CCC(=O)[C@@H](CCO)C(=O)[C@@H]1C2=Cc2[nH]ccc2[C@H]1C[C@H]1C=Cc2c(O)cccc2CC1. The first kappa shape index (κ1) is 48.3. The number of aromatic hydroxyl groups is 2. The van der Waals surface area contributed by atoms with Crippen LogP contribution in [0, 0.1) is 35.5 Å². The molecule has 7 atom stereocenters. The van der Waals surface area contributed by atoms with Crippen molar-refractivity contribution in [3.63, 3.8) is 0 Å². The van der Waals surface area contributed by atoms with Gasteiger partial charge in [-0.15, -0.1) is 0 Å². The molecule has 0 amide bonds. The highest BCUT2D eigenvalue weighted by Crippen LogP contribution is 2.47. The normalized spacial score (nSPS) is 24.4. The van der Waals surface area contributed by atoms with Crippen LogP contribution in [-0.2, 0) is 41.7 Å². The van der Waals surface area contributed by atoms with E-state index in [0.29, 0.717) is 50.0 Å². The van der Waals surface area contributed by atoms with E-state index in [1.54, 1.807) is 6.07 Å². The molecule has 5 aromatic rings. The van der Waals surface area contributed by atoms with Crippen molar-refractivity contribution in [2.45, 2.75) is 121 Å². The molecule has 0 unspecified atom stereocenters. The van der Waals surface area contributed by atoms with E-state index in [0.717, 1.165) is 113 Å². The third kappa shape index (κ3) is 10.5. The van der Waals surface area contributed by atoms with Gasteiger partial charge in [-0.3, -0.25) is 9.59 Å². The predicted molar refractivity (Wildman–Crippen MR) is 277 cm³/mol. The number of aromatic nitrogens is 2. The lowest BCUT2D eigenvalue weighted by molar-refractivity contribution is -0.135. The molecule has 4 heterocycles. The first-order valence-electron chi connectivity index (χ1n) is 26.1. The smallest absolute Gasteiger partial charge is 0.161 e. The number of nitrogens with one attached hydrogen (secondary N) is 4. The molecule has 5 bridgehead atoms. The average molecular weight is 957 g/mol. The van der Waals surface area contributed by atoms with E-state index in [4.69, 9.17) is 4.74 Å². The molecule has 2 aromatic heterocycles. The third-order valence-corrected chi connectivity index (χ3v) is 15.9. The Kier molecular flexibility index (Phi) is 14.7. The number of ether oxygens (including phenoxy) is 1. The number of Topliss-reactive ketones (excluding diaryl/α,β-unsaturated/α-hetero) is 2. The minimum atomic E-state index is -1.11. The van der Waals surface area contributed by atoms with Crippen molar-refractivity contribution in [3.8, 4) is 29.1 Å². The van der Waals surface area contributed by atoms with E-state index < -0.39 is 29.9 Å². The number of ketones is 2. The van der Waals surface area contributed by atoms with E-state index in [1.165, 1.54) is 0 Å². The molecule has 370 valence electrons. The van der Waals surface area contributed by atoms with Crippen LogP contribution < -0.4 is 15.4 Å². The molecule has 71 heavy (non-hydrogen) atoms. The van der Waals surface area contributed by atoms with Gasteiger partial charge in [0.15, 0.2) is 17.3 Å². The fraction of sp³-hybridized carbons (Fsp3) is 0.433. The monoisotopic (exact) mass is 957 g/mol. The Hall–Kier alpha value is -6.32. The number of aliphatic hydroxyl groups excluding tert-OH is 2. The van der Waals surface area contributed by atoms with Gasteiger partial charge in [0, 0.05) is 73.5 Å². The van der Waals surface area contributed by atoms with E-state index in [9.17, 15) is 25.2 Å². The van der Waals surface area contributed by atoms with Crippen LogP contribution >= 0.6 is 0 Å². The molecular weight excluding hydrogens is 889 g/mol. The van der Waals surface area contributed by atoms with Gasteiger partial charge in [0.2, 0.25) is 0 Å². The summed E-state index contributed by atoms with van der Waals surface area (Å²) in [7, 11) is 0. The molecule has 8 N–H and O–H groups in total. The van der Waals surface area contributed by atoms with Crippen LogP contribution in [0.2, 0.25) is 0 Å². The van der Waals surface area contributed by atoms with E-state index in [-0.39, 0.29) is 60.5 Å². The number of H-pyrrole nitrogens is 2. The summed E-state index contributed by atoms with van der Waals surface area (Å²) < 4.78 is 6.52. The number of fused-ring (bicyclic) bond motifs is 8. The van der Waals surface area contributed by atoms with Crippen LogP contribution in [0.1, 0.15) is 126 Å². The average Bonchev–Trinajstić information content (AvgIpc) is 4.14. The highest BCUT2D eigenvalue weighted by atomic mass is 16.5. The number of aliphatic hydroxyl groups is 2. The van der Waals surface area contributed by atoms with Gasteiger partial charge in [-0.1, -0.05) is 67.3 Å². The van der Waals surface area contributed by atoms with Gasteiger partial charge in [-0.05, 0) is 158 Å². The van der Waals surface area contributed by atoms with Gasteiger partial charge >= 0.3 is 0 Å². The van der Waals surface area contributed by atoms with Gasteiger partial charge in [0.25, 0.3) is 0 Å². The first-order valence-corrected chi connectivity index (χ1v) is 26.1. The first-order chi connectivity index (χ1) is 34.6. The second-order valence-electron chi connectivity index (χ2n) is 20.7. The lowest BCUT2D eigenvalue weighted by Crippen LogP contribution is -2.41. The Labute approximate surface area is 417 Å². The number of phenols is 2. The fourth-order valence-electron chi connectivity index (χ4n) is 12.0. The number of hydrogen-bond donors (Lipinski definition) is 8. The van der Waals surface area contributed by atoms with Gasteiger partial charge in [-0.2, -0.15) is 0 Å². The number of carbonyl (C=O) groups is 2. The zero-order valence-electron chi connectivity index (χ0n) is 40.8. The number of hydrogen-bond acceptors (Lipinski definition) is 9. The summed E-state index contributed by atoms with van der Waals surface area (Å²) in [6.07, 6.45) is 17.9. The maximum atomic E-state index is 16.0. The maximum absolute atomic E-state index is 16.0. The summed E-state index contributed by atoms with van der Waals surface area (Å²) in [6.45, 7) is 2.99. The summed E-state index contributed by atoms with van der Waals surface area (Å²) >= 11 is 0. The zero-order valence-corrected chi connectivity index (χ0v) is 40.8. The highest BCUT2D eigenvalue weighted by molar-refractivity contribution is 6.05. The van der Waals surface area contributed by atoms with Crippen LogP contribution in [0.25, 0.3) is 12.2 Å². The third-order valence-electron chi connectivity index (χ3n) is 15.9. The van der Waals surface area contributed by atoms with Crippen molar-refractivity contribution in [2.75, 3.05) is 25.0 Å². The van der Waals surface area contributed by atoms with E-state index in [2.05, 4.69) is 75.8 Å². The van der Waals surface area contributed by atoms with Crippen LogP contribution in [0.5, 0.6) is 17.2 Å². The molecule has 11 nitrogen and oxygen atoms in total. The Morgan fingerprint density at radius 3 is 2.54 bits per heavy atom. The molecule has 1 fully saturated rings. The summed E-state index contributed by atoms with van der Waals surface area (Å²) in [6, 6.07) is 19.2. The summed E-state index contributed by atoms with van der Waals surface area (Å²) in [5.74, 6) is 5.40. The molecule has 0 radical (unpaired) electrons. The predicted octanol–water partition coefficient (Wildman–Crippen LogP) is 9.12. The summed E-state index contributed by atoms with van der Waals surface area (Å²) in [4.78, 5) is 37.9. The second kappa shape index (κ2) is 21.6. The Balaban J connectivity index is 1.14. The number of aromatic amines is 2. The quantitative estimate of drug-likeness (QED) is 0.0385. The number of rotatable bonds is 10. The topological polar surface area (TPSA) is 180 Å². The number of benzene rings is 3. The molecular formula is C60H68N4O7. The van der Waals surface area contributed by atoms with E-state index in [1.807, 2.05) is 48.8 Å². The minimum absolute atomic E-state index is 0.00763. The summed E-state index contributed by atoms with van der Waals surface area (Å²) in [5.41, 5.74) is 10.0. The molecule has 3 aliphatic carbocycles. The molecule has 2 aliphatic heterocycles. The van der Waals surface area contributed by atoms with Gasteiger partial charge in [0.05, 0.1) is 24.0 Å². The Bertz CT molecular complexity index is 2870. The summed E-state index contributed by atoms with van der Waals surface area (Å²) in [5, 5.41) is 53.1. The number of phenolic OH excluding ortho intramolecular Hbond substituents is 2. The highest BCUT2D eigenvalue weighted by Gasteiger charge is 2.44. The van der Waals surface area contributed by atoms with Crippen molar-refractivity contribution in [3.05, 3.63) is 140 Å². The molecule has 0 saturated heterocycles. The van der Waals surface area contributed by atoms with Crippen molar-refractivity contribution >= 4 is 29.5 Å². The molecule has 5 aliphatic rings. The van der Waals surface area contributed by atoms with Crippen molar-refractivity contribution in [1.29, 1.82) is 0 Å². The standard InChI is InChI=1S/C60H68N4O7/c1-2-23-61-35-42-16-18-51-50-34-52-47(21-25-62-52)49(30-36-10-14-39-6-5-9-53(66)46(39)17-12-36)57(50)59(70)48(22-26-65)54(67)19-13-38-29-44(58(69)56(31-38)71-45-7-3-4-8-45)28-37-11-15-40(33-55(42)68)43(27-37)32-41-20-24-63-60(41)64-51/h5-6,9,11-12,15,17,20-21,24-25,27,29,31,34,36,42,45,48-49,51,55,57,61-66,68-69H,2-4,7-8,10,13-14,19,22-23,26,28,30,32-33,35H2,1H3/t36-,42-,48-,49-,51-,55-,57+/m1/s1. The lowest BCUT2D eigenvalue weighted by Gasteiger charge is -2.37. The molecule has 10 rings (SSSR count). The fourth-order valence-corrected chi connectivity index (χ4v) is 12.0. The number of anilines is 1. The largest absolute Gasteiger partial charge is 0.507 e. The zero-order chi connectivity index (χ0) is 49.0. The lowest BCUT2D eigenvalue weighted by atomic mass is 9.66. The van der Waals surface area contributed by atoms with Gasteiger partial charge in [0.1, 0.15) is 23.4 Å². The molecule has 3 aromatic carbocycles. The Morgan fingerprint density at radius 2 is 1.69 bits per heavy atom. The molecule has 0 spiro atoms. The van der Waals surface area contributed by atoms with Crippen LogP contribution in [0.15, 0.2) is 84.7 Å². The maximum Gasteiger partial charge on any atom is 0.161 e.